The van der Waals surface area contributed by atoms with Crippen LogP contribution >= 0.6 is 0 Å². The smallest absolute Gasteiger partial charge is 0.161 e. The van der Waals surface area contributed by atoms with Gasteiger partial charge in [-0.3, -0.25) is 0 Å². The summed E-state index contributed by atoms with van der Waals surface area (Å²) in [6, 6.07) is 8.27. The molecule has 0 saturated carbocycles. The molecule has 3 rings (SSSR count). The molecule has 2 heterocycles. The Morgan fingerprint density at radius 1 is 1.17 bits per heavy atom. The summed E-state index contributed by atoms with van der Waals surface area (Å²) in [5, 5.41) is 8.75. The number of nitrogens with zero attached hydrogens (tertiary/aromatic N) is 1. The molecular weight excluding hydrogens is 230 g/mol. The normalized spacial score (nSPS) is 19.7. The van der Waals surface area contributed by atoms with E-state index in [2.05, 4.69) is 12.1 Å². The highest BCUT2D eigenvalue weighted by Crippen LogP contribution is 2.41. The van der Waals surface area contributed by atoms with Gasteiger partial charge in [0.05, 0.1) is 19.3 Å². The minimum absolute atomic E-state index is 0.00837. The first-order valence-electron chi connectivity index (χ1n) is 6.19. The topological polar surface area (TPSA) is 51.5 Å². The van der Waals surface area contributed by atoms with Crippen molar-refractivity contribution in [3.63, 3.8) is 0 Å². The molecule has 4 nitrogen and oxygen atoms in total. The van der Waals surface area contributed by atoms with Crippen molar-refractivity contribution in [3.8, 4) is 17.6 Å². The number of fused-ring (bicyclic) bond motifs is 1. The maximum absolute atomic E-state index is 8.75. The van der Waals surface area contributed by atoms with Crippen LogP contribution in [-0.4, -0.2) is 26.4 Å². The van der Waals surface area contributed by atoms with Crippen LogP contribution in [0.4, 0.5) is 0 Å². The quantitative estimate of drug-likeness (QED) is 0.817. The maximum atomic E-state index is 8.75. The van der Waals surface area contributed by atoms with Gasteiger partial charge in [-0.1, -0.05) is 6.07 Å². The molecule has 0 aliphatic carbocycles. The summed E-state index contributed by atoms with van der Waals surface area (Å²) in [6.45, 7) is 2.58. The summed E-state index contributed by atoms with van der Waals surface area (Å²) >= 11 is 0. The molecular formula is C14H15NO3. The Morgan fingerprint density at radius 3 is 2.61 bits per heavy atom. The van der Waals surface area contributed by atoms with Crippen LogP contribution in [0.5, 0.6) is 11.5 Å². The van der Waals surface area contributed by atoms with E-state index in [9.17, 15) is 0 Å². The summed E-state index contributed by atoms with van der Waals surface area (Å²) in [5.41, 5.74) is 1.18. The van der Waals surface area contributed by atoms with Crippen LogP contribution < -0.4 is 9.47 Å². The average molecular weight is 245 g/mol. The van der Waals surface area contributed by atoms with Crippen LogP contribution in [-0.2, 0) is 10.2 Å². The predicted octanol–water partition coefficient (Wildman–Crippen LogP) is 2.03. The van der Waals surface area contributed by atoms with Gasteiger partial charge >= 0.3 is 0 Å². The molecule has 1 aromatic rings. The van der Waals surface area contributed by atoms with Gasteiger partial charge in [-0.15, -0.1) is 0 Å². The van der Waals surface area contributed by atoms with Gasteiger partial charge in [0.25, 0.3) is 0 Å². The molecule has 4 heteroatoms. The highest BCUT2D eigenvalue weighted by Gasteiger charge is 2.40. The first kappa shape index (κ1) is 11.4. The van der Waals surface area contributed by atoms with Gasteiger partial charge in [-0.05, 0) is 24.1 Å². The summed E-state index contributed by atoms with van der Waals surface area (Å²) in [4.78, 5) is 0. The molecule has 1 saturated heterocycles. The van der Waals surface area contributed by atoms with E-state index in [-0.39, 0.29) is 5.41 Å². The van der Waals surface area contributed by atoms with Crippen molar-refractivity contribution in [2.24, 2.45) is 0 Å². The van der Waals surface area contributed by atoms with Gasteiger partial charge < -0.3 is 14.2 Å². The molecule has 18 heavy (non-hydrogen) atoms. The number of hydrogen-bond donors (Lipinski definition) is 0. The van der Waals surface area contributed by atoms with Crippen LogP contribution in [0.15, 0.2) is 18.2 Å². The Kier molecular flexibility index (Phi) is 2.85. The van der Waals surface area contributed by atoms with Gasteiger partial charge in [-0.25, -0.2) is 0 Å². The minimum Gasteiger partial charge on any atom is -0.486 e. The number of hydrogen-bond acceptors (Lipinski definition) is 4. The molecule has 0 unspecified atom stereocenters. The molecule has 0 atom stereocenters. The first-order valence-corrected chi connectivity index (χ1v) is 6.19. The van der Waals surface area contributed by atoms with E-state index in [1.165, 1.54) is 5.56 Å². The number of ether oxygens (including phenoxy) is 3. The van der Waals surface area contributed by atoms with E-state index in [1.807, 2.05) is 12.1 Å². The largest absolute Gasteiger partial charge is 0.486 e. The predicted molar refractivity (Wildman–Crippen MR) is 64.8 cm³/mol. The first-order chi connectivity index (χ1) is 8.84. The Hall–Kier alpha value is -1.73. The van der Waals surface area contributed by atoms with E-state index in [0.29, 0.717) is 32.8 Å². The van der Waals surface area contributed by atoms with Crippen LogP contribution in [0.3, 0.4) is 0 Å². The van der Waals surface area contributed by atoms with Crippen LogP contribution in [0.2, 0.25) is 0 Å². The van der Waals surface area contributed by atoms with E-state index in [1.54, 1.807) is 0 Å². The summed E-state index contributed by atoms with van der Waals surface area (Å²) in [6.07, 6.45) is 1.39. The highest BCUT2D eigenvalue weighted by molar-refractivity contribution is 5.46. The van der Waals surface area contributed by atoms with Crippen molar-refractivity contribution in [1.29, 1.82) is 5.26 Å². The third-order valence-electron chi connectivity index (χ3n) is 3.63. The zero-order valence-corrected chi connectivity index (χ0v) is 10.1. The summed E-state index contributed by atoms with van der Waals surface area (Å²) in [7, 11) is 0. The summed E-state index contributed by atoms with van der Waals surface area (Å²) in [5.74, 6) is 1.61. The van der Waals surface area contributed by atoms with Gasteiger partial charge in [0.15, 0.2) is 11.5 Å². The molecule has 1 aromatic carbocycles. The Balaban J connectivity index is 1.89. The van der Waals surface area contributed by atoms with E-state index in [4.69, 9.17) is 19.5 Å². The lowest BCUT2D eigenvalue weighted by atomic mass is 9.75. The molecule has 0 bridgehead atoms. The van der Waals surface area contributed by atoms with Crippen molar-refractivity contribution >= 4 is 0 Å². The van der Waals surface area contributed by atoms with Crippen molar-refractivity contribution in [3.05, 3.63) is 23.8 Å². The lowest BCUT2D eigenvalue weighted by molar-refractivity contribution is -0.0638. The van der Waals surface area contributed by atoms with E-state index in [0.717, 1.165) is 17.9 Å². The number of benzene rings is 1. The fourth-order valence-corrected chi connectivity index (χ4v) is 2.47. The molecule has 0 radical (unpaired) electrons. The average Bonchev–Trinajstić information content (AvgIpc) is 2.37. The Morgan fingerprint density at radius 2 is 1.94 bits per heavy atom. The second kappa shape index (κ2) is 4.51. The van der Waals surface area contributed by atoms with Gasteiger partial charge in [-0.2, -0.15) is 5.26 Å². The van der Waals surface area contributed by atoms with Crippen LogP contribution in [0, 0.1) is 11.3 Å². The molecule has 0 spiro atoms. The fraction of sp³-hybridized carbons (Fsp3) is 0.500. The summed E-state index contributed by atoms with van der Waals surface area (Å²) < 4.78 is 16.5. The second-order valence-electron chi connectivity index (χ2n) is 4.79. The van der Waals surface area contributed by atoms with Crippen LogP contribution in [0.1, 0.15) is 18.4 Å². The Labute approximate surface area is 106 Å². The van der Waals surface area contributed by atoms with Crippen LogP contribution in [0.25, 0.3) is 0 Å². The Bertz CT molecular complexity index is 488. The molecule has 0 amide bonds. The van der Waals surface area contributed by atoms with Gasteiger partial charge in [0.1, 0.15) is 13.2 Å². The maximum Gasteiger partial charge on any atom is 0.161 e. The number of nitriles is 1. The molecule has 0 N–H and O–H groups in total. The van der Waals surface area contributed by atoms with Crippen molar-refractivity contribution < 1.29 is 14.2 Å². The molecule has 2 aliphatic rings. The number of rotatable bonds is 3. The SMILES string of the molecule is N#CCCC1(c2ccc3c(c2)OCCO3)COC1. The standard InChI is InChI=1S/C14H15NO3/c15-5-1-4-14(9-16-10-14)11-2-3-12-13(8-11)18-7-6-17-12/h2-3,8H,1,4,6-7,9-10H2. The molecule has 2 aliphatic heterocycles. The third-order valence-corrected chi connectivity index (χ3v) is 3.63. The van der Waals surface area contributed by atoms with E-state index >= 15 is 0 Å². The van der Waals surface area contributed by atoms with Crippen molar-refractivity contribution in [2.75, 3.05) is 26.4 Å². The molecule has 0 aromatic heterocycles. The monoisotopic (exact) mass is 245 g/mol. The van der Waals surface area contributed by atoms with Crippen molar-refractivity contribution in [2.45, 2.75) is 18.3 Å². The van der Waals surface area contributed by atoms with Crippen molar-refractivity contribution in [1.82, 2.24) is 0 Å². The second-order valence-corrected chi connectivity index (χ2v) is 4.79. The van der Waals surface area contributed by atoms with Gasteiger partial charge in [0, 0.05) is 11.8 Å². The van der Waals surface area contributed by atoms with Gasteiger partial charge in [0.2, 0.25) is 0 Å². The third kappa shape index (κ3) is 1.81. The van der Waals surface area contributed by atoms with E-state index < -0.39 is 0 Å². The lowest BCUT2D eigenvalue weighted by Gasteiger charge is -2.42. The highest BCUT2D eigenvalue weighted by atomic mass is 16.6. The lowest BCUT2D eigenvalue weighted by Crippen LogP contribution is -2.46. The zero-order chi connectivity index (χ0) is 12.4. The zero-order valence-electron chi connectivity index (χ0n) is 10.1. The minimum atomic E-state index is -0.00837. The molecule has 1 fully saturated rings. The molecule has 94 valence electrons. The fourth-order valence-electron chi connectivity index (χ4n) is 2.47.